The first kappa shape index (κ1) is 20.5. The molecule has 2 heterocycles. The Bertz CT molecular complexity index is 1460. The predicted molar refractivity (Wildman–Crippen MR) is 117 cm³/mol. The van der Waals surface area contributed by atoms with Gasteiger partial charge in [0.2, 0.25) is 0 Å². The Kier molecular flexibility index (Phi) is 4.77. The molecule has 4 rings (SSSR count). The van der Waals surface area contributed by atoms with Crippen LogP contribution < -0.4 is 5.73 Å². The van der Waals surface area contributed by atoms with E-state index >= 15 is 0 Å². The van der Waals surface area contributed by atoms with E-state index in [2.05, 4.69) is 17.1 Å². The fraction of sp³-hybridized carbons (Fsp3) is 0.0833. The molecule has 8 nitrogen and oxygen atoms in total. The molecule has 0 amide bonds. The van der Waals surface area contributed by atoms with Gasteiger partial charge < -0.3 is 20.4 Å². The van der Waals surface area contributed by atoms with E-state index in [4.69, 9.17) is 10.2 Å². The molecule has 32 heavy (non-hydrogen) atoms. The summed E-state index contributed by atoms with van der Waals surface area (Å²) >= 11 is 0. The summed E-state index contributed by atoms with van der Waals surface area (Å²) in [5, 5.41) is 38.0. The number of allylic oxidation sites excluding steroid dienone is 3. The van der Waals surface area contributed by atoms with Crippen molar-refractivity contribution >= 4 is 29.0 Å². The second-order valence-electron chi connectivity index (χ2n) is 7.24. The number of carbonyl (C=O) groups is 1. The van der Waals surface area contributed by atoms with E-state index in [9.17, 15) is 25.5 Å². The van der Waals surface area contributed by atoms with Crippen LogP contribution in [-0.2, 0) is 0 Å². The maximum Gasteiger partial charge on any atom is 0.339 e. The van der Waals surface area contributed by atoms with Crippen LogP contribution in [0.3, 0.4) is 0 Å². The van der Waals surface area contributed by atoms with Crippen LogP contribution in [0.2, 0.25) is 0 Å². The van der Waals surface area contributed by atoms with Gasteiger partial charge in [-0.25, -0.2) is 9.78 Å². The Morgan fingerprint density at radius 1 is 1.19 bits per heavy atom. The Balaban J connectivity index is 1.84. The third-order valence-electron chi connectivity index (χ3n) is 5.41. The van der Waals surface area contributed by atoms with Crippen molar-refractivity contribution in [1.82, 2.24) is 4.98 Å². The van der Waals surface area contributed by atoms with Gasteiger partial charge in [-0.15, -0.1) is 0 Å². The predicted octanol–water partition coefficient (Wildman–Crippen LogP) is 4.36. The van der Waals surface area contributed by atoms with Gasteiger partial charge in [0, 0.05) is 11.1 Å². The van der Waals surface area contributed by atoms with Crippen LogP contribution in [0.25, 0.3) is 28.5 Å². The highest BCUT2D eigenvalue weighted by Gasteiger charge is 2.30. The molecule has 0 saturated heterocycles. The molecule has 3 aromatic rings. The number of nitriles is 2. The molecule has 1 aliphatic carbocycles. The van der Waals surface area contributed by atoms with Crippen molar-refractivity contribution in [1.29, 1.82) is 10.5 Å². The standard InChI is InChI=1S/C24H16N4O4/c1-11-15(21-12(2)18(10-26)23(27)28-22(21)17(11)9-25)8-14-4-6-20(32-14)13-3-5-19(29)16(7-13)24(30)31/h3-8,29H,1-2H3,(H2,27,28)(H,30,31)/b15-8+. The van der Waals surface area contributed by atoms with Crippen molar-refractivity contribution in [2.75, 3.05) is 5.73 Å². The van der Waals surface area contributed by atoms with E-state index in [0.29, 0.717) is 50.6 Å². The third kappa shape index (κ3) is 3.08. The fourth-order valence-corrected chi connectivity index (χ4v) is 3.78. The van der Waals surface area contributed by atoms with Gasteiger partial charge in [-0.1, -0.05) is 0 Å². The van der Waals surface area contributed by atoms with Crippen LogP contribution in [0.5, 0.6) is 5.75 Å². The van der Waals surface area contributed by atoms with E-state index in [1.165, 1.54) is 12.1 Å². The maximum atomic E-state index is 11.3. The van der Waals surface area contributed by atoms with E-state index in [1.54, 1.807) is 38.1 Å². The molecule has 0 fully saturated rings. The van der Waals surface area contributed by atoms with E-state index in [-0.39, 0.29) is 22.7 Å². The molecular formula is C24H16N4O4. The van der Waals surface area contributed by atoms with Crippen molar-refractivity contribution in [2.45, 2.75) is 13.8 Å². The van der Waals surface area contributed by atoms with Crippen molar-refractivity contribution in [2.24, 2.45) is 0 Å². The number of fused-ring (bicyclic) bond motifs is 1. The number of hydrogen-bond donors (Lipinski definition) is 3. The molecule has 1 aliphatic rings. The Labute approximate surface area is 182 Å². The minimum atomic E-state index is -1.25. The molecule has 0 atom stereocenters. The van der Waals surface area contributed by atoms with Gasteiger partial charge in [-0.3, -0.25) is 0 Å². The number of hydrogen-bond acceptors (Lipinski definition) is 7. The molecule has 0 bridgehead atoms. The molecule has 4 N–H and O–H groups in total. The molecule has 0 spiro atoms. The lowest BCUT2D eigenvalue weighted by atomic mass is 9.96. The molecule has 0 aliphatic heterocycles. The SMILES string of the molecule is CC1=C(C#N)c2nc(N)c(C#N)c(C)c2/C1=C/c1ccc(-c2ccc(O)c(C(=O)O)c2)o1. The Morgan fingerprint density at radius 3 is 2.59 bits per heavy atom. The second kappa shape index (κ2) is 7.46. The maximum absolute atomic E-state index is 11.3. The van der Waals surface area contributed by atoms with Crippen LogP contribution >= 0.6 is 0 Å². The summed E-state index contributed by atoms with van der Waals surface area (Å²) in [7, 11) is 0. The zero-order chi connectivity index (χ0) is 23.2. The second-order valence-corrected chi connectivity index (χ2v) is 7.24. The molecule has 0 radical (unpaired) electrons. The highest BCUT2D eigenvalue weighted by Crippen LogP contribution is 2.44. The number of aromatic nitrogens is 1. The molecule has 8 heteroatoms. The number of benzene rings is 1. The number of phenols is 1. The van der Waals surface area contributed by atoms with E-state index in [1.807, 2.05) is 0 Å². The van der Waals surface area contributed by atoms with Crippen molar-refractivity contribution in [3.8, 4) is 29.2 Å². The van der Waals surface area contributed by atoms with Gasteiger partial charge in [-0.05, 0) is 67.0 Å². The van der Waals surface area contributed by atoms with E-state index in [0.717, 1.165) is 0 Å². The van der Waals surface area contributed by atoms with Gasteiger partial charge in [0.1, 0.15) is 40.8 Å². The average Bonchev–Trinajstić information content (AvgIpc) is 3.31. The summed E-state index contributed by atoms with van der Waals surface area (Å²) in [5.74, 6) is -0.643. The van der Waals surface area contributed by atoms with Crippen LogP contribution in [0, 0.1) is 29.6 Å². The zero-order valence-electron chi connectivity index (χ0n) is 17.1. The van der Waals surface area contributed by atoms with Crippen LogP contribution in [0.4, 0.5) is 5.82 Å². The highest BCUT2D eigenvalue weighted by molar-refractivity contribution is 6.08. The summed E-state index contributed by atoms with van der Waals surface area (Å²) < 4.78 is 5.89. The first-order valence-electron chi connectivity index (χ1n) is 9.47. The van der Waals surface area contributed by atoms with Crippen molar-refractivity contribution in [3.05, 3.63) is 69.6 Å². The van der Waals surface area contributed by atoms with Crippen molar-refractivity contribution in [3.63, 3.8) is 0 Å². The van der Waals surface area contributed by atoms with Crippen LogP contribution in [0.15, 0.2) is 40.3 Å². The van der Waals surface area contributed by atoms with Gasteiger partial charge >= 0.3 is 5.97 Å². The van der Waals surface area contributed by atoms with Gasteiger partial charge in [0.05, 0.1) is 16.8 Å². The summed E-state index contributed by atoms with van der Waals surface area (Å²) in [6, 6.07) is 11.8. The Hall–Kier alpha value is -4.82. The first-order valence-corrected chi connectivity index (χ1v) is 9.47. The number of aromatic carboxylic acids is 1. The van der Waals surface area contributed by atoms with Crippen molar-refractivity contribution < 1.29 is 19.4 Å². The molecule has 1 aromatic carbocycles. The number of pyridine rings is 1. The third-order valence-corrected chi connectivity index (χ3v) is 5.41. The summed E-state index contributed by atoms with van der Waals surface area (Å²) in [6.07, 6.45) is 1.74. The topological polar surface area (TPSA) is 157 Å². The van der Waals surface area contributed by atoms with E-state index < -0.39 is 5.97 Å². The fourth-order valence-electron chi connectivity index (χ4n) is 3.78. The molecule has 156 valence electrons. The quantitative estimate of drug-likeness (QED) is 0.559. The minimum Gasteiger partial charge on any atom is -0.507 e. The number of nitrogens with two attached hydrogens (primary N) is 1. The average molecular weight is 424 g/mol. The summed E-state index contributed by atoms with van der Waals surface area (Å²) in [4.78, 5) is 15.6. The Morgan fingerprint density at radius 2 is 1.94 bits per heavy atom. The molecule has 0 unspecified atom stereocenters. The monoisotopic (exact) mass is 424 g/mol. The first-order chi connectivity index (χ1) is 15.3. The zero-order valence-corrected chi connectivity index (χ0v) is 17.1. The number of nitrogens with zero attached hydrogens (tertiary/aromatic N) is 3. The molecule has 2 aromatic heterocycles. The number of nitrogen functional groups attached to an aromatic ring is 1. The number of furan rings is 1. The normalized spacial score (nSPS) is 13.7. The number of rotatable bonds is 3. The lowest BCUT2D eigenvalue weighted by Gasteiger charge is -2.10. The van der Waals surface area contributed by atoms with Gasteiger partial charge in [0.15, 0.2) is 0 Å². The van der Waals surface area contributed by atoms with Crippen LogP contribution in [-0.4, -0.2) is 21.2 Å². The smallest absolute Gasteiger partial charge is 0.339 e. The molecule has 0 saturated carbocycles. The lowest BCUT2D eigenvalue weighted by Crippen LogP contribution is -2.03. The lowest BCUT2D eigenvalue weighted by molar-refractivity contribution is 0.0694. The number of aromatic hydroxyl groups is 1. The molecular weight excluding hydrogens is 408 g/mol. The number of carboxylic acid groups (broad SMARTS) is 1. The largest absolute Gasteiger partial charge is 0.507 e. The summed E-state index contributed by atoms with van der Waals surface area (Å²) in [5.41, 5.74) is 9.89. The minimum absolute atomic E-state index is 0.0763. The highest BCUT2D eigenvalue weighted by atomic mass is 16.4. The van der Waals surface area contributed by atoms with Crippen LogP contribution in [0.1, 0.15) is 45.4 Å². The van der Waals surface area contributed by atoms with Gasteiger partial charge in [0.25, 0.3) is 0 Å². The van der Waals surface area contributed by atoms with Gasteiger partial charge in [-0.2, -0.15) is 10.5 Å². The number of anilines is 1. The summed E-state index contributed by atoms with van der Waals surface area (Å²) in [6.45, 7) is 3.55. The number of carboxylic acids is 1.